The molecule has 3 saturated heterocycles. The van der Waals surface area contributed by atoms with Crippen molar-refractivity contribution >= 4 is 23.7 Å². The van der Waals surface area contributed by atoms with E-state index in [0.29, 0.717) is 45.2 Å². The smallest absolute Gasteiger partial charge is 0.313 e. The Balaban J connectivity index is 1.41. The third kappa shape index (κ3) is 7.54. The van der Waals surface area contributed by atoms with Crippen LogP contribution in [0.15, 0.2) is 55.6 Å². The number of unbranched alkanes of at least 4 members (excludes halogenated alkanes) is 3. The van der Waals surface area contributed by atoms with Crippen molar-refractivity contribution < 1.29 is 33.8 Å². The predicted molar refractivity (Wildman–Crippen MR) is 181 cm³/mol. The van der Waals surface area contributed by atoms with Crippen LogP contribution in [-0.4, -0.2) is 88.6 Å². The summed E-state index contributed by atoms with van der Waals surface area (Å²) in [6.45, 7) is 8.59. The molecule has 0 radical (unpaired) electrons. The van der Waals surface area contributed by atoms with Crippen molar-refractivity contribution in [2.24, 2.45) is 11.8 Å². The molecule has 10 nitrogen and oxygen atoms in total. The maximum Gasteiger partial charge on any atom is 0.313 e. The lowest BCUT2D eigenvalue weighted by molar-refractivity contribution is -0.160. The summed E-state index contributed by atoms with van der Waals surface area (Å²) < 4.78 is 12.9. The first-order valence-electron chi connectivity index (χ1n) is 18.0. The Labute approximate surface area is 284 Å². The van der Waals surface area contributed by atoms with Gasteiger partial charge in [0, 0.05) is 32.2 Å². The molecular weight excluding hydrogens is 610 g/mol. The van der Waals surface area contributed by atoms with E-state index in [-0.39, 0.29) is 43.3 Å². The highest BCUT2D eigenvalue weighted by Gasteiger charge is 2.75. The van der Waals surface area contributed by atoms with Gasteiger partial charge in [0.15, 0.2) is 0 Å². The molecule has 3 amide bonds. The number of nitrogens with zero attached hydrogens (tertiary/aromatic N) is 2. The average Bonchev–Trinajstić information content (AvgIpc) is 3.75. The van der Waals surface area contributed by atoms with Crippen LogP contribution in [0.2, 0.25) is 0 Å². The molecule has 4 fully saturated rings. The van der Waals surface area contributed by atoms with E-state index in [1.54, 1.807) is 17.1 Å². The number of likely N-dealkylation sites (tertiary alicyclic amines) is 1. The first-order chi connectivity index (χ1) is 23.4. The molecule has 6 atom stereocenters. The lowest BCUT2D eigenvalue weighted by Gasteiger charge is -2.40. The minimum Gasteiger partial charge on any atom is -0.455 e. The number of nitrogens with one attached hydrogen (secondary N) is 1. The van der Waals surface area contributed by atoms with Crippen LogP contribution in [0.25, 0.3) is 0 Å². The molecule has 3 heterocycles. The number of hydrogen-bond acceptors (Lipinski definition) is 7. The zero-order valence-corrected chi connectivity index (χ0v) is 28.2. The largest absolute Gasteiger partial charge is 0.455 e. The maximum atomic E-state index is 14.7. The van der Waals surface area contributed by atoms with E-state index in [2.05, 4.69) is 18.5 Å². The summed E-state index contributed by atoms with van der Waals surface area (Å²) in [5.41, 5.74) is -0.375. The van der Waals surface area contributed by atoms with Crippen LogP contribution in [0.5, 0.6) is 0 Å². The van der Waals surface area contributed by atoms with E-state index in [9.17, 15) is 24.3 Å². The van der Waals surface area contributed by atoms with E-state index in [1.165, 1.54) is 0 Å². The first kappa shape index (κ1) is 35.8. The van der Waals surface area contributed by atoms with Crippen LogP contribution >= 0.6 is 0 Å². The molecule has 0 unspecified atom stereocenters. The minimum atomic E-state index is -1.11. The van der Waals surface area contributed by atoms with Gasteiger partial charge in [0.05, 0.1) is 24.5 Å². The summed E-state index contributed by atoms with van der Waals surface area (Å²) >= 11 is 0. The summed E-state index contributed by atoms with van der Waals surface area (Å²) in [7, 11) is 0. The van der Waals surface area contributed by atoms with Crippen LogP contribution in [0.1, 0.15) is 95.1 Å². The van der Waals surface area contributed by atoms with E-state index in [4.69, 9.17) is 9.47 Å². The van der Waals surface area contributed by atoms with Gasteiger partial charge in [0.2, 0.25) is 17.7 Å². The van der Waals surface area contributed by atoms with Gasteiger partial charge in [-0.15, -0.1) is 13.2 Å². The molecule has 1 spiro atoms. The number of hydrogen-bond donors (Lipinski definition) is 2. The van der Waals surface area contributed by atoms with E-state index in [0.717, 1.165) is 50.5 Å². The van der Waals surface area contributed by atoms with Crippen molar-refractivity contribution in [3.8, 4) is 0 Å². The molecular formula is C38H53N3O7. The van der Waals surface area contributed by atoms with E-state index < -0.39 is 41.7 Å². The number of aliphatic hydroxyl groups is 1. The molecule has 1 aromatic rings. The highest BCUT2D eigenvalue weighted by atomic mass is 16.6. The lowest BCUT2D eigenvalue weighted by Crippen LogP contribution is -2.58. The maximum absolute atomic E-state index is 14.7. The quantitative estimate of drug-likeness (QED) is 0.133. The number of ether oxygens (including phenoxy) is 2. The molecule has 2 N–H and O–H groups in total. The molecule has 3 aliphatic heterocycles. The summed E-state index contributed by atoms with van der Waals surface area (Å²) in [6, 6.07) is 8.51. The lowest BCUT2D eigenvalue weighted by atomic mass is 9.70. The Morgan fingerprint density at radius 3 is 2.52 bits per heavy atom. The number of rotatable bonds is 18. The number of benzene rings is 1. The SMILES string of the molecule is C=CCCC(=O)NC[C@H](OC(=O)[C@@H]1[C@@H]2CC[C@]3(O2)[C@H](C(=O)N(CC=C)C2CCCCC2)N(CCCCCCO)C(=O)[C@@H]13)c1ccccc1. The summed E-state index contributed by atoms with van der Waals surface area (Å²) in [5.74, 6) is -2.74. The molecule has 1 saturated carbocycles. The normalized spacial score (nSPS) is 26.9. The number of amides is 3. The second kappa shape index (κ2) is 16.7. The minimum absolute atomic E-state index is 0.0777. The summed E-state index contributed by atoms with van der Waals surface area (Å²) in [4.78, 5) is 59.5. The number of carbonyl (C=O) groups is 4. The second-order valence-electron chi connectivity index (χ2n) is 13.8. The molecule has 0 aromatic heterocycles. The molecule has 1 aromatic carbocycles. The fraction of sp³-hybridized carbons (Fsp3) is 0.632. The Morgan fingerprint density at radius 1 is 1.06 bits per heavy atom. The van der Waals surface area contributed by atoms with Crippen molar-refractivity contribution in [1.82, 2.24) is 15.1 Å². The molecule has 1 aliphatic carbocycles. The third-order valence-electron chi connectivity index (χ3n) is 10.7. The number of aliphatic hydroxyl groups excluding tert-OH is 1. The molecule has 262 valence electrons. The summed E-state index contributed by atoms with van der Waals surface area (Å²) in [5, 5.41) is 12.1. The predicted octanol–water partition coefficient (Wildman–Crippen LogP) is 4.63. The Bertz CT molecular complexity index is 1300. The van der Waals surface area contributed by atoms with Crippen LogP contribution in [0.3, 0.4) is 0 Å². The Hall–Kier alpha value is -3.50. The van der Waals surface area contributed by atoms with Gasteiger partial charge in [-0.1, -0.05) is 74.6 Å². The van der Waals surface area contributed by atoms with Gasteiger partial charge in [0.25, 0.3) is 0 Å². The van der Waals surface area contributed by atoms with Gasteiger partial charge < -0.3 is 29.7 Å². The molecule has 2 bridgehead atoms. The zero-order valence-electron chi connectivity index (χ0n) is 28.2. The summed E-state index contributed by atoms with van der Waals surface area (Å²) in [6.07, 6.45) is 12.2. The fourth-order valence-corrected chi connectivity index (χ4v) is 8.44. The van der Waals surface area contributed by atoms with Gasteiger partial charge in [-0.2, -0.15) is 0 Å². The highest BCUT2D eigenvalue weighted by molar-refractivity contribution is 5.98. The number of carbonyl (C=O) groups excluding carboxylic acids is 4. The average molecular weight is 664 g/mol. The van der Waals surface area contributed by atoms with Crippen molar-refractivity contribution in [2.75, 3.05) is 26.2 Å². The zero-order chi connectivity index (χ0) is 34.1. The van der Waals surface area contributed by atoms with Crippen molar-refractivity contribution in [3.63, 3.8) is 0 Å². The highest BCUT2D eigenvalue weighted by Crippen LogP contribution is 2.59. The Kier molecular flexibility index (Phi) is 12.5. The number of fused-ring (bicyclic) bond motifs is 1. The van der Waals surface area contributed by atoms with Crippen LogP contribution < -0.4 is 5.32 Å². The molecule has 10 heteroatoms. The van der Waals surface area contributed by atoms with Crippen LogP contribution in [0, 0.1) is 11.8 Å². The fourth-order valence-electron chi connectivity index (χ4n) is 8.44. The van der Waals surface area contributed by atoms with Crippen LogP contribution in [-0.2, 0) is 28.7 Å². The monoisotopic (exact) mass is 663 g/mol. The standard InChI is InChI=1S/C38H53N3O7/c1-3-5-20-31(43)39-26-30(27-16-10-8-11-17-27)47-37(46)32-29-21-22-38(48-29)33(32)35(44)41(24-14-6-7-15-25-42)34(38)36(45)40(23-4-2)28-18-12-9-13-19-28/h3-4,8,10-11,16-17,28-30,32-34,42H,1-2,5-7,9,12-15,18-26H2,(H,39,43)/t29-,30-,32+,33+,34-,38+/m0/s1. The number of allylic oxidation sites excluding steroid dienone is 1. The first-order valence-corrected chi connectivity index (χ1v) is 18.0. The number of esters is 1. The Morgan fingerprint density at radius 2 is 1.81 bits per heavy atom. The second-order valence-corrected chi connectivity index (χ2v) is 13.8. The van der Waals surface area contributed by atoms with Crippen molar-refractivity contribution in [3.05, 3.63) is 61.2 Å². The van der Waals surface area contributed by atoms with E-state index >= 15 is 0 Å². The van der Waals surface area contributed by atoms with Gasteiger partial charge in [-0.05, 0) is 50.5 Å². The molecule has 5 rings (SSSR count). The van der Waals surface area contributed by atoms with Gasteiger partial charge in [-0.25, -0.2) is 0 Å². The van der Waals surface area contributed by atoms with E-state index in [1.807, 2.05) is 35.2 Å². The van der Waals surface area contributed by atoms with Gasteiger partial charge in [0.1, 0.15) is 17.7 Å². The van der Waals surface area contributed by atoms with Crippen molar-refractivity contribution in [2.45, 2.75) is 113 Å². The topological polar surface area (TPSA) is 125 Å². The van der Waals surface area contributed by atoms with Crippen LogP contribution in [0.4, 0.5) is 0 Å². The van der Waals surface area contributed by atoms with Gasteiger partial charge in [-0.3, -0.25) is 19.2 Å². The third-order valence-corrected chi connectivity index (χ3v) is 10.7. The van der Waals surface area contributed by atoms with Gasteiger partial charge >= 0.3 is 5.97 Å². The molecule has 48 heavy (non-hydrogen) atoms. The molecule has 4 aliphatic rings. The van der Waals surface area contributed by atoms with Crippen molar-refractivity contribution in [1.29, 1.82) is 0 Å².